The molecule has 0 saturated carbocycles. The Morgan fingerprint density at radius 1 is 0.846 bits per heavy atom. The highest BCUT2D eigenvalue weighted by molar-refractivity contribution is 6.08. The third-order valence-electron chi connectivity index (χ3n) is 4.06. The van der Waals surface area contributed by atoms with Crippen molar-refractivity contribution in [2.24, 2.45) is 0 Å². The van der Waals surface area contributed by atoms with Crippen LogP contribution in [-0.2, 0) is 0 Å². The molecule has 0 bridgehead atoms. The van der Waals surface area contributed by atoms with Crippen molar-refractivity contribution in [2.75, 3.05) is 27.4 Å². The van der Waals surface area contributed by atoms with Gasteiger partial charge in [0.15, 0.2) is 0 Å². The third-order valence-corrected chi connectivity index (χ3v) is 4.06. The van der Waals surface area contributed by atoms with Gasteiger partial charge in [-0.3, -0.25) is 4.79 Å². The summed E-state index contributed by atoms with van der Waals surface area (Å²) in [5.74, 6) is 2.12. The predicted molar refractivity (Wildman–Crippen MR) is 101 cm³/mol. The maximum absolute atomic E-state index is 12.5. The summed E-state index contributed by atoms with van der Waals surface area (Å²) in [6, 6.07) is 18.6. The topological polar surface area (TPSA) is 56.8 Å². The number of methoxy groups -OCH3 is 2. The fourth-order valence-electron chi connectivity index (χ4n) is 2.75. The van der Waals surface area contributed by atoms with Gasteiger partial charge in [-0.1, -0.05) is 24.3 Å². The number of amides is 1. The first-order valence-electron chi connectivity index (χ1n) is 8.33. The van der Waals surface area contributed by atoms with Gasteiger partial charge in [0.2, 0.25) is 0 Å². The van der Waals surface area contributed by atoms with Crippen molar-refractivity contribution in [3.05, 3.63) is 66.2 Å². The molecule has 134 valence electrons. The summed E-state index contributed by atoms with van der Waals surface area (Å²) in [5, 5.41) is 4.67. The molecule has 0 saturated heterocycles. The Labute approximate surface area is 152 Å². The molecule has 0 spiro atoms. The lowest BCUT2D eigenvalue weighted by atomic mass is 10.0. The van der Waals surface area contributed by atoms with Gasteiger partial charge in [-0.15, -0.1) is 0 Å². The highest BCUT2D eigenvalue weighted by Gasteiger charge is 2.12. The zero-order valence-corrected chi connectivity index (χ0v) is 14.8. The summed E-state index contributed by atoms with van der Waals surface area (Å²) in [6.07, 6.45) is 0. The van der Waals surface area contributed by atoms with Crippen LogP contribution in [0.15, 0.2) is 60.7 Å². The molecule has 3 aromatic rings. The molecule has 0 fully saturated rings. The van der Waals surface area contributed by atoms with E-state index in [1.165, 1.54) is 0 Å². The zero-order valence-electron chi connectivity index (χ0n) is 14.8. The van der Waals surface area contributed by atoms with Crippen molar-refractivity contribution in [3.8, 4) is 17.2 Å². The van der Waals surface area contributed by atoms with E-state index < -0.39 is 0 Å². The van der Waals surface area contributed by atoms with E-state index >= 15 is 0 Å². The summed E-state index contributed by atoms with van der Waals surface area (Å²) in [4.78, 5) is 12.5. The van der Waals surface area contributed by atoms with Gasteiger partial charge in [-0.05, 0) is 41.8 Å². The van der Waals surface area contributed by atoms with Crippen LogP contribution >= 0.6 is 0 Å². The molecule has 1 amide bonds. The van der Waals surface area contributed by atoms with Crippen LogP contribution < -0.4 is 19.5 Å². The molecule has 5 heteroatoms. The van der Waals surface area contributed by atoms with E-state index in [-0.39, 0.29) is 5.91 Å². The minimum atomic E-state index is -0.137. The molecule has 0 atom stereocenters. The van der Waals surface area contributed by atoms with Gasteiger partial charge in [-0.25, -0.2) is 0 Å². The predicted octanol–water partition coefficient (Wildman–Crippen LogP) is 3.67. The quantitative estimate of drug-likeness (QED) is 0.660. The lowest BCUT2D eigenvalue weighted by molar-refractivity contribution is 0.0948. The van der Waals surface area contributed by atoms with Gasteiger partial charge in [0, 0.05) is 10.9 Å². The normalized spacial score (nSPS) is 10.4. The maximum atomic E-state index is 12.5. The molecule has 1 N–H and O–H groups in total. The summed E-state index contributed by atoms with van der Waals surface area (Å²) < 4.78 is 16.1. The Hall–Kier alpha value is -3.21. The zero-order chi connectivity index (χ0) is 18.4. The van der Waals surface area contributed by atoms with E-state index in [1.54, 1.807) is 20.3 Å². The monoisotopic (exact) mass is 351 g/mol. The largest absolute Gasteiger partial charge is 0.497 e. The molecule has 0 aliphatic heterocycles. The van der Waals surface area contributed by atoms with E-state index in [0.29, 0.717) is 18.7 Å². The lowest BCUT2D eigenvalue weighted by Gasteiger charge is -2.11. The SMILES string of the molecule is COc1ccc(OCCNC(=O)c2ccc(OC)c3ccccc23)cc1. The number of rotatable bonds is 7. The molecule has 0 aromatic heterocycles. The average molecular weight is 351 g/mol. The standard InChI is InChI=1S/C21H21NO4/c1-24-15-7-9-16(10-8-15)26-14-13-22-21(23)19-11-12-20(25-2)18-6-4-3-5-17(18)19/h3-12H,13-14H2,1-2H3,(H,22,23). The molecular weight excluding hydrogens is 330 g/mol. The van der Waals surface area contributed by atoms with Gasteiger partial charge in [0.1, 0.15) is 23.9 Å². The summed E-state index contributed by atoms with van der Waals surface area (Å²) >= 11 is 0. The molecule has 0 radical (unpaired) electrons. The second-order valence-electron chi connectivity index (χ2n) is 5.64. The number of carbonyl (C=O) groups excluding carboxylic acids is 1. The minimum Gasteiger partial charge on any atom is -0.497 e. The molecule has 3 rings (SSSR count). The van der Waals surface area contributed by atoms with Crippen molar-refractivity contribution in [2.45, 2.75) is 0 Å². The van der Waals surface area contributed by atoms with Crippen molar-refractivity contribution >= 4 is 16.7 Å². The average Bonchev–Trinajstić information content (AvgIpc) is 2.70. The molecule has 0 heterocycles. The van der Waals surface area contributed by atoms with Crippen LogP contribution in [0.5, 0.6) is 17.2 Å². The van der Waals surface area contributed by atoms with Crippen LogP contribution in [0, 0.1) is 0 Å². The number of hydrogen-bond acceptors (Lipinski definition) is 4. The Kier molecular flexibility index (Phi) is 5.59. The number of nitrogens with one attached hydrogen (secondary N) is 1. The highest BCUT2D eigenvalue weighted by atomic mass is 16.5. The van der Waals surface area contributed by atoms with Crippen LogP contribution in [0.25, 0.3) is 10.8 Å². The summed E-state index contributed by atoms with van der Waals surface area (Å²) in [5.41, 5.74) is 0.617. The molecule has 0 aliphatic rings. The van der Waals surface area contributed by atoms with E-state index in [4.69, 9.17) is 14.2 Å². The van der Waals surface area contributed by atoms with E-state index in [9.17, 15) is 4.79 Å². The molecule has 3 aromatic carbocycles. The van der Waals surface area contributed by atoms with Crippen molar-refractivity contribution in [1.82, 2.24) is 5.32 Å². The summed E-state index contributed by atoms with van der Waals surface area (Å²) in [6.45, 7) is 0.789. The summed E-state index contributed by atoms with van der Waals surface area (Å²) in [7, 11) is 3.24. The molecule has 26 heavy (non-hydrogen) atoms. The van der Waals surface area contributed by atoms with Crippen LogP contribution in [0.4, 0.5) is 0 Å². The first kappa shape index (κ1) is 17.6. The van der Waals surface area contributed by atoms with Crippen LogP contribution in [-0.4, -0.2) is 33.3 Å². The van der Waals surface area contributed by atoms with Gasteiger partial charge in [-0.2, -0.15) is 0 Å². The van der Waals surface area contributed by atoms with Crippen molar-refractivity contribution < 1.29 is 19.0 Å². The number of benzene rings is 3. The van der Waals surface area contributed by atoms with Crippen molar-refractivity contribution in [3.63, 3.8) is 0 Å². The van der Waals surface area contributed by atoms with Crippen LogP contribution in [0.2, 0.25) is 0 Å². The number of hydrogen-bond donors (Lipinski definition) is 1. The minimum absolute atomic E-state index is 0.137. The van der Waals surface area contributed by atoms with E-state index in [0.717, 1.165) is 28.0 Å². The van der Waals surface area contributed by atoms with Crippen molar-refractivity contribution in [1.29, 1.82) is 0 Å². The Balaban J connectivity index is 1.61. The number of fused-ring (bicyclic) bond motifs is 1. The van der Waals surface area contributed by atoms with E-state index in [2.05, 4.69) is 5.32 Å². The van der Waals surface area contributed by atoms with Gasteiger partial charge >= 0.3 is 0 Å². The van der Waals surface area contributed by atoms with E-state index in [1.807, 2.05) is 54.6 Å². The fourth-order valence-corrected chi connectivity index (χ4v) is 2.75. The first-order valence-corrected chi connectivity index (χ1v) is 8.33. The molecular formula is C21H21NO4. The lowest BCUT2D eigenvalue weighted by Crippen LogP contribution is -2.28. The molecule has 5 nitrogen and oxygen atoms in total. The Morgan fingerprint density at radius 2 is 1.54 bits per heavy atom. The Morgan fingerprint density at radius 3 is 2.23 bits per heavy atom. The first-order chi connectivity index (χ1) is 12.7. The number of ether oxygens (including phenoxy) is 3. The highest BCUT2D eigenvalue weighted by Crippen LogP contribution is 2.28. The fraction of sp³-hybridized carbons (Fsp3) is 0.190. The Bertz CT molecular complexity index is 890. The smallest absolute Gasteiger partial charge is 0.252 e. The van der Waals surface area contributed by atoms with Gasteiger partial charge in [0.25, 0.3) is 5.91 Å². The molecule has 0 aliphatic carbocycles. The second kappa shape index (κ2) is 8.25. The number of carbonyl (C=O) groups is 1. The van der Waals surface area contributed by atoms with Gasteiger partial charge < -0.3 is 19.5 Å². The van der Waals surface area contributed by atoms with Crippen LogP contribution in [0.1, 0.15) is 10.4 Å². The van der Waals surface area contributed by atoms with Gasteiger partial charge in [0.05, 0.1) is 20.8 Å². The second-order valence-corrected chi connectivity index (χ2v) is 5.64. The maximum Gasteiger partial charge on any atom is 0.252 e. The van der Waals surface area contributed by atoms with Crippen LogP contribution in [0.3, 0.4) is 0 Å². The molecule has 0 unspecified atom stereocenters. The third kappa shape index (κ3) is 3.88.